The molecule has 0 saturated heterocycles. The van der Waals surface area contributed by atoms with Gasteiger partial charge in [-0.25, -0.2) is 14.8 Å². The molecular weight excluding hydrogens is 268 g/mol. The van der Waals surface area contributed by atoms with Gasteiger partial charge in [-0.05, 0) is 18.2 Å². The number of carbonyl (C=O) groups is 1. The van der Waals surface area contributed by atoms with Crippen molar-refractivity contribution in [2.75, 3.05) is 18.5 Å². The van der Waals surface area contributed by atoms with E-state index in [1.165, 1.54) is 6.08 Å². The molecule has 0 atom stereocenters. The van der Waals surface area contributed by atoms with Gasteiger partial charge in [0.25, 0.3) is 0 Å². The van der Waals surface area contributed by atoms with Gasteiger partial charge >= 0.3 is 5.97 Å². The zero-order chi connectivity index (χ0) is 15.1. The summed E-state index contributed by atoms with van der Waals surface area (Å²) in [5, 5.41) is 8.55. The van der Waals surface area contributed by atoms with Gasteiger partial charge in [-0.3, -0.25) is 4.98 Å². The minimum absolute atomic E-state index is 0.596. The first kappa shape index (κ1) is 14.6. The maximum Gasteiger partial charge on any atom is 0.328 e. The lowest BCUT2D eigenvalue weighted by molar-refractivity contribution is -0.131. The summed E-state index contributed by atoms with van der Waals surface area (Å²) in [7, 11) is 1.91. The van der Waals surface area contributed by atoms with Crippen molar-refractivity contribution in [1.29, 1.82) is 0 Å². The molecule has 6 nitrogen and oxygen atoms in total. The van der Waals surface area contributed by atoms with E-state index in [0.717, 1.165) is 24.7 Å². The maximum absolute atomic E-state index is 10.4. The van der Waals surface area contributed by atoms with Crippen LogP contribution >= 0.6 is 0 Å². The van der Waals surface area contributed by atoms with E-state index in [0.29, 0.717) is 11.5 Å². The molecule has 0 aliphatic rings. The topological polar surface area (TPSA) is 79.2 Å². The van der Waals surface area contributed by atoms with Crippen molar-refractivity contribution in [3.05, 3.63) is 54.1 Å². The molecular formula is C15H16N4O2. The molecule has 2 aromatic heterocycles. The minimum atomic E-state index is -0.994. The normalized spacial score (nSPS) is 10.7. The molecule has 0 amide bonds. The van der Waals surface area contributed by atoms with Crippen LogP contribution in [0.2, 0.25) is 0 Å². The fraction of sp³-hybridized carbons (Fsp3) is 0.200. The smallest absolute Gasteiger partial charge is 0.328 e. The van der Waals surface area contributed by atoms with E-state index in [4.69, 9.17) is 5.11 Å². The zero-order valence-electron chi connectivity index (χ0n) is 11.7. The number of likely N-dealkylation sites (N-methyl/N-ethyl adjacent to an activating group) is 1. The minimum Gasteiger partial charge on any atom is -0.478 e. The summed E-state index contributed by atoms with van der Waals surface area (Å²) in [5.74, 6) is -0.398. The largest absolute Gasteiger partial charge is 0.478 e. The first-order valence-electron chi connectivity index (χ1n) is 6.49. The van der Waals surface area contributed by atoms with Crippen LogP contribution in [-0.2, 0) is 11.2 Å². The van der Waals surface area contributed by atoms with E-state index in [-0.39, 0.29) is 0 Å². The Kier molecular flexibility index (Phi) is 4.98. The second kappa shape index (κ2) is 7.14. The predicted molar refractivity (Wildman–Crippen MR) is 79.9 cm³/mol. The molecule has 0 bridgehead atoms. The lowest BCUT2D eigenvalue weighted by Gasteiger charge is -2.16. The standard InChI is InChI=1S/C15H16N4O2/c1-19(9-7-13-4-2-3-8-16-13)15-17-10-12(11-18-15)5-6-14(20)21/h2-6,8,10-11H,7,9H2,1H3,(H,20,21)/b6-5+. The van der Waals surface area contributed by atoms with Crippen molar-refractivity contribution in [2.24, 2.45) is 0 Å². The number of hydrogen-bond donors (Lipinski definition) is 1. The Labute approximate surface area is 122 Å². The molecule has 2 heterocycles. The highest BCUT2D eigenvalue weighted by Crippen LogP contribution is 2.07. The molecule has 21 heavy (non-hydrogen) atoms. The lowest BCUT2D eigenvalue weighted by Crippen LogP contribution is -2.22. The summed E-state index contributed by atoms with van der Waals surface area (Å²) in [6.45, 7) is 0.751. The lowest BCUT2D eigenvalue weighted by atomic mass is 10.2. The molecule has 6 heteroatoms. The second-order valence-corrected chi connectivity index (χ2v) is 4.48. The number of carboxylic acid groups (broad SMARTS) is 1. The van der Waals surface area contributed by atoms with Crippen LogP contribution in [-0.4, -0.2) is 39.6 Å². The molecule has 0 aromatic carbocycles. The highest BCUT2D eigenvalue weighted by molar-refractivity contribution is 5.85. The highest BCUT2D eigenvalue weighted by Gasteiger charge is 2.04. The molecule has 2 aromatic rings. The summed E-state index contributed by atoms with van der Waals surface area (Å²) in [6.07, 6.45) is 8.29. The molecule has 0 saturated carbocycles. The van der Waals surface area contributed by atoms with Crippen LogP contribution in [0.4, 0.5) is 5.95 Å². The number of pyridine rings is 1. The number of aliphatic carboxylic acids is 1. The average molecular weight is 284 g/mol. The number of anilines is 1. The van der Waals surface area contributed by atoms with Crippen LogP contribution < -0.4 is 4.90 Å². The summed E-state index contributed by atoms with van der Waals surface area (Å²) in [4.78, 5) is 25.1. The average Bonchev–Trinajstić information content (AvgIpc) is 2.52. The summed E-state index contributed by atoms with van der Waals surface area (Å²) < 4.78 is 0. The number of nitrogens with zero attached hydrogens (tertiary/aromatic N) is 4. The van der Waals surface area contributed by atoms with Gasteiger partial charge in [0, 0.05) is 55.9 Å². The molecule has 1 N–H and O–H groups in total. The summed E-state index contributed by atoms with van der Waals surface area (Å²) in [5.41, 5.74) is 1.67. The Morgan fingerprint density at radius 1 is 1.29 bits per heavy atom. The van der Waals surface area contributed by atoms with Crippen molar-refractivity contribution in [3.63, 3.8) is 0 Å². The van der Waals surface area contributed by atoms with Gasteiger partial charge in [0.1, 0.15) is 0 Å². The van der Waals surface area contributed by atoms with Crippen LogP contribution in [0, 0.1) is 0 Å². The van der Waals surface area contributed by atoms with Crippen molar-refractivity contribution in [1.82, 2.24) is 15.0 Å². The fourth-order valence-corrected chi connectivity index (χ4v) is 1.71. The zero-order valence-corrected chi connectivity index (χ0v) is 11.7. The quantitative estimate of drug-likeness (QED) is 0.812. The van der Waals surface area contributed by atoms with Gasteiger partial charge in [0.05, 0.1) is 0 Å². The Balaban J connectivity index is 1.93. The molecule has 0 aliphatic carbocycles. The van der Waals surface area contributed by atoms with Gasteiger partial charge in [0.15, 0.2) is 0 Å². The predicted octanol–water partition coefficient (Wildman–Crippen LogP) is 1.65. The second-order valence-electron chi connectivity index (χ2n) is 4.48. The summed E-state index contributed by atoms with van der Waals surface area (Å²) >= 11 is 0. The molecule has 108 valence electrons. The molecule has 2 rings (SSSR count). The van der Waals surface area contributed by atoms with Crippen LogP contribution in [0.5, 0.6) is 0 Å². The number of carboxylic acids is 1. The van der Waals surface area contributed by atoms with Crippen molar-refractivity contribution < 1.29 is 9.90 Å². The Morgan fingerprint density at radius 3 is 2.67 bits per heavy atom. The first-order chi connectivity index (χ1) is 10.1. The van der Waals surface area contributed by atoms with E-state index >= 15 is 0 Å². The number of aromatic nitrogens is 3. The van der Waals surface area contributed by atoms with Gasteiger partial charge in [0.2, 0.25) is 5.95 Å². The van der Waals surface area contributed by atoms with E-state index in [1.807, 2.05) is 30.1 Å². The third-order valence-electron chi connectivity index (χ3n) is 2.85. The number of rotatable bonds is 6. The number of hydrogen-bond acceptors (Lipinski definition) is 5. The van der Waals surface area contributed by atoms with Gasteiger partial charge < -0.3 is 10.0 Å². The van der Waals surface area contributed by atoms with E-state index in [2.05, 4.69) is 15.0 Å². The first-order valence-corrected chi connectivity index (χ1v) is 6.49. The van der Waals surface area contributed by atoms with Crippen molar-refractivity contribution in [3.8, 4) is 0 Å². The molecule has 0 fully saturated rings. The van der Waals surface area contributed by atoms with Crippen molar-refractivity contribution in [2.45, 2.75) is 6.42 Å². The van der Waals surface area contributed by atoms with Crippen LogP contribution in [0.1, 0.15) is 11.3 Å². The summed E-state index contributed by atoms with van der Waals surface area (Å²) in [6, 6.07) is 5.83. The van der Waals surface area contributed by atoms with Crippen LogP contribution in [0.25, 0.3) is 6.08 Å². The maximum atomic E-state index is 10.4. The van der Waals surface area contributed by atoms with Crippen molar-refractivity contribution >= 4 is 18.0 Å². The monoisotopic (exact) mass is 284 g/mol. The van der Waals surface area contributed by atoms with Crippen LogP contribution in [0.3, 0.4) is 0 Å². The van der Waals surface area contributed by atoms with E-state index in [1.54, 1.807) is 18.6 Å². The molecule has 0 spiro atoms. The van der Waals surface area contributed by atoms with Gasteiger partial charge in [-0.15, -0.1) is 0 Å². The third-order valence-corrected chi connectivity index (χ3v) is 2.85. The Morgan fingerprint density at radius 2 is 2.05 bits per heavy atom. The fourth-order valence-electron chi connectivity index (χ4n) is 1.71. The van der Waals surface area contributed by atoms with Gasteiger partial charge in [-0.2, -0.15) is 0 Å². The van der Waals surface area contributed by atoms with E-state index in [9.17, 15) is 4.79 Å². The third kappa shape index (κ3) is 4.68. The molecule has 0 unspecified atom stereocenters. The van der Waals surface area contributed by atoms with Gasteiger partial charge in [-0.1, -0.05) is 6.07 Å². The Bertz CT molecular complexity index is 611. The molecule has 0 radical (unpaired) electrons. The SMILES string of the molecule is CN(CCc1ccccn1)c1ncc(/C=C/C(=O)O)cn1. The van der Waals surface area contributed by atoms with E-state index < -0.39 is 5.97 Å². The Hall–Kier alpha value is -2.76. The molecule has 0 aliphatic heterocycles. The van der Waals surface area contributed by atoms with Crippen LogP contribution in [0.15, 0.2) is 42.9 Å². The highest BCUT2D eigenvalue weighted by atomic mass is 16.4.